The summed E-state index contributed by atoms with van der Waals surface area (Å²) >= 11 is 0. The third-order valence-electron chi connectivity index (χ3n) is 5.21. The summed E-state index contributed by atoms with van der Waals surface area (Å²) in [5.74, 6) is -1.84. The van der Waals surface area contributed by atoms with Gasteiger partial charge in [-0.2, -0.15) is 0 Å². The Bertz CT molecular complexity index is 921. The molecule has 1 aliphatic carbocycles. The highest BCUT2D eigenvalue weighted by molar-refractivity contribution is 7.89. The number of carboxylic acids is 1. The average molecular weight is 505 g/mol. The highest BCUT2D eigenvalue weighted by Crippen LogP contribution is 2.28. The Morgan fingerprint density at radius 3 is 2.65 bits per heavy atom. The summed E-state index contributed by atoms with van der Waals surface area (Å²) in [6, 6.07) is 3.70. The van der Waals surface area contributed by atoms with Gasteiger partial charge in [0.05, 0.1) is 18.5 Å². The van der Waals surface area contributed by atoms with Crippen LogP contribution in [0.3, 0.4) is 0 Å². The van der Waals surface area contributed by atoms with E-state index in [0.717, 1.165) is 30.6 Å². The van der Waals surface area contributed by atoms with Crippen LogP contribution in [-0.4, -0.2) is 68.8 Å². The van der Waals surface area contributed by atoms with Gasteiger partial charge >= 0.3 is 12.1 Å². The molecular formula is C22H33FN2O8S. The molecule has 1 aromatic rings. The number of nitrogens with one attached hydrogen (secondary N) is 1. The number of nitrogens with zero attached hydrogens (tertiary/aromatic N) is 1. The van der Waals surface area contributed by atoms with Gasteiger partial charge in [-0.3, -0.25) is 9.69 Å². The van der Waals surface area contributed by atoms with Crippen molar-refractivity contribution in [3.63, 3.8) is 0 Å². The summed E-state index contributed by atoms with van der Waals surface area (Å²) in [7, 11) is -3.68. The maximum atomic E-state index is 14.1. The first-order valence-corrected chi connectivity index (χ1v) is 12.9. The quantitative estimate of drug-likeness (QED) is 0.292. The first kappa shape index (κ1) is 27.8. The van der Waals surface area contributed by atoms with Crippen LogP contribution in [0.1, 0.15) is 57.6 Å². The molecule has 0 spiro atoms. The Kier molecular flexibility index (Phi) is 11.0. The molecule has 0 unspecified atom stereocenters. The number of carbonyl (C=O) groups is 2. The molecule has 0 bridgehead atoms. The second-order valence-electron chi connectivity index (χ2n) is 8.05. The summed E-state index contributed by atoms with van der Waals surface area (Å²) < 4.78 is 57.3. The van der Waals surface area contributed by atoms with Gasteiger partial charge in [-0.1, -0.05) is 6.07 Å². The second-order valence-corrected chi connectivity index (χ2v) is 9.93. The maximum absolute atomic E-state index is 14.1. The van der Waals surface area contributed by atoms with Crippen LogP contribution < -0.4 is 9.46 Å². The Morgan fingerprint density at radius 2 is 2.00 bits per heavy atom. The number of aliphatic carboxylic acids is 1. The lowest BCUT2D eigenvalue weighted by Crippen LogP contribution is -2.38. The Morgan fingerprint density at radius 1 is 1.29 bits per heavy atom. The third-order valence-corrected chi connectivity index (χ3v) is 6.75. The lowest BCUT2D eigenvalue weighted by molar-refractivity contribution is -0.139. The predicted molar refractivity (Wildman–Crippen MR) is 121 cm³/mol. The number of ether oxygens (including phenoxy) is 3. The molecule has 34 heavy (non-hydrogen) atoms. The molecule has 1 aromatic carbocycles. The Balaban J connectivity index is 1.82. The van der Waals surface area contributed by atoms with Gasteiger partial charge in [0.2, 0.25) is 10.0 Å². The van der Waals surface area contributed by atoms with Crippen molar-refractivity contribution >= 4 is 22.1 Å². The fraction of sp³-hybridized carbons (Fsp3) is 0.636. The van der Waals surface area contributed by atoms with Crippen LogP contribution in [0.4, 0.5) is 9.18 Å². The van der Waals surface area contributed by atoms with Crippen LogP contribution in [0.15, 0.2) is 18.2 Å². The van der Waals surface area contributed by atoms with Crippen LogP contribution in [-0.2, 0) is 24.3 Å². The molecular weight excluding hydrogens is 471 g/mol. The van der Waals surface area contributed by atoms with Crippen molar-refractivity contribution < 1.29 is 41.7 Å². The molecule has 1 atom stereocenters. The Labute approximate surface area is 199 Å². The minimum atomic E-state index is -3.68. The van der Waals surface area contributed by atoms with E-state index in [1.807, 2.05) is 0 Å². The first-order valence-electron chi connectivity index (χ1n) is 11.3. The molecule has 1 fully saturated rings. The molecule has 12 heteroatoms. The molecule has 0 radical (unpaired) electrons. The highest BCUT2D eigenvalue weighted by Gasteiger charge is 2.21. The van der Waals surface area contributed by atoms with Crippen molar-refractivity contribution in [1.82, 2.24) is 9.62 Å². The number of halogens is 1. The molecule has 0 saturated heterocycles. The van der Waals surface area contributed by atoms with Gasteiger partial charge in [-0.15, -0.1) is 0 Å². The zero-order valence-corrected chi connectivity index (χ0v) is 20.3. The molecule has 2 N–H and O–H groups in total. The smallest absolute Gasteiger partial charge is 0.412 e. The molecule has 2 rings (SSSR count). The van der Waals surface area contributed by atoms with Crippen molar-refractivity contribution in [2.24, 2.45) is 0 Å². The Hall–Kier alpha value is -2.44. The molecule has 1 amide bonds. The summed E-state index contributed by atoms with van der Waals surface area (Å²) in [6.45, 7) is 2.38. The second kappa shape index (κ2) is 13.4. The van der Waals surface area contributed by atoms with Crippen molar-refractivity contribution in [3.05, 3.63) is 29.6 Å². The van der Waals surface area contributed by atoms with Crippen molar-refractivity contribution in [1.29, 1.82) is 0 Å². The van der Waals surface area contributed by atoms with Gasteiger partial charge < -0.3 is 19.3 Å². The summed E-state index contributed by atoms with van der Waals surface area (Å²) in [6.07, 6.45) is 3.11. The lowest BCUT2D eigenvalue weighted by Gasteiger charge is -2.20. The van der Waals surface area contributed by atoms with Crippen LogP contribution >= 0.6 is 0 Å². The van der Waals surface area contributed by atoms with Crippen LogP contribution in [0.2, 0.25) is 0 Å². The van der Waals surface area contributed by atoms with Crippen molar-refractivity contribution in [2.45, 2.75) is 58.1 Å². The summed E-state index contributed by atoms with van der Waals surface area (Å²) in [5.41, 5.74) is 0.577. The number of hydrogen-bond acceptors (Lipinski definition) is 7. The van der Waals surface area contributed by atoms with E-state index >= 15 is 0 Å². The molecule has 1 aliphatic rings. The standard InChI is InChI=1S/C22H33FN2O8S/c1-3-32-22(28)25(14-21(26)27)15-31-11-6-12-34(29,30)24-16(2)17-9-10-19(23)20(13-17)33-18-7-4-5-8-18/h9-10,13,16,18,24H,3-8,11-12,14-15H2,1-2H3,(H,26,27)/t16-/m1/s1. The average Bonchev–Trinajstić information content (AvgIpc) is 3.26. The van der Waals surface area contributed by atoms with E-state index in [9.17, 15) is 22.4 Å². The fourth-order valence-electron chi connectivity index (χ4n) is 3.53. The summed E-state index contributed by atoms with van der Waals surface area (Å²) in [4.78, 5) is 23.4. The third kappa shape index (κ3) is 9.43. The number of amides is 1. The van der Waals surface area contributed by atoms with Crippen LogP contribution in [0, 0.1) is 5.82 Å². The van der Waals surface area contributed by atoms with Gasteiger partial charge in [-0.05, 0) is 63.6 Å². The van der Waals surface area contributed by atoms with Gasteiger partial charge in [0.1, 0.15) is 13.3 Å². The van der Waals surface area contributed by atoms with Gasteiger partial charge in [0, 0.05) is 12.6 Å². The number of carbonyl (C=O) groups excluding carboxylic acids is 1. The summed E-state index contributed by atoms with van der Waals surface area (Å²) in [5, 5.41) is 8.87. The minimum absolute atomic E-state index is 0.0132. The minimum Gasteiger partial charge on any atom is -0.487 e. The lowest BCUT2D eigenvalue weighted by atomic mass is 10.1. The number of benzene rings is 1. The fourth-order valence-corrected chi connectivity index (χ4v) is 4.82. The molecule has 0 aliphatic heterocycles. The van der Waals surface area contributed by atoms with E-state index in [1.165, 1.54) is 18.2 Å². The largest absolute Gasteiger partial charge is 0.487 e. The molecule has 192 valence electrons. The van der Waals surface area contributed by atoms with E-state index in [0.29, 0.717) is 5.56 Å². The van der Waals surface area contributed by atoms with Crippen LogP contribution in [0.5, 0.6) is 5.75 Å². The van der Waals surface area contributed by atoms with E-state index in [-0.39, 0.29) is 44.0 Å². The van der Waals surface area contributed by atoms with Gasteiger partial charge in [-0.25, -0.2) is 22.3 Å². The molecule has 0 aromatic heterocycles. The first-order chi connectivity index (χ1) is 16.1. The monoisotopic (exact) mass is 504 g/mol. The van der Waals surface area contributed by atoms with Gasteiger partial charge in [0.15, 0.2) is 11.6 Å². The molecule has 1 saturated carbocycles. The topological polar surface area (TPSA) is 131 Å². The van der Waals surface area contributed by atoms with E-state index in [4.69, 9.17) is 19.3 Å². The van der Waals surface area contributed by atoms with Crippen molar-refractivity contribution in [2.75, 3.05) is 32.2 Å². The van der Waals surface area contributed by atoms with Crippen LogP contribution in [0.25, 0.3) is 0 Å². The number of sulfonamides is 1. The van der Waals surface area contributed by atoms with E-state index in [2.05, 4.69) is 4.72 Å². The van der Waals surface area contributed by atoms with Gasteiger partial charge in [0.25, 0.3) is 0 Å². The number of hydrogen-bond donors (Lipinski definition) is 2. The maximum Gasteiger partial charge on any atom is 0.412 e. The van der Waals surface area contributed by atoms with Crippen molar-refractivity contribution in [3.8, 4) is 5.75 Å². The molecule has 10 nitrogen and oxygen atoms in total. The predicted octanol–water partition coefficient (Wildman–Crippen LogP) is 3.03. The van der Waals surface area contributed by atoms with E-state index in [1.54, 1.807) is 13.8 Å². The number of carboxylic acid groups (broad SMARTS) is 1. The number of rotatable bonds is 14. The zero-order valence-electron chi connectivity index (χ0n) is 19.5. The highest BCUT2D eigenvalue weighted by atomic mass is 32.2. The van der Waals surface area contributed by atoms with E-state index < -0.39 is 40.5 Å². The normalized spacial score (nSPS) is 15.1. The SMILES string of the molecule is CCOC(=O)N(COCCCS(=O)(=O)N[C@H](C)c1ccc(F)c(OC2CCCC2)c1)CC(=O)O. The molecule has 0 heterocycles. The zero-order chi connectivity index (χ0) is 25.1.